The van der Waals surface area contributed by atoms with Gasteiger partial charge >= 0.3 is 6.18 Å². The highest BCUT2D eigenvalue weighted by Crippen LogP contribution is 2.34. The highest BCUT2D eigenvalue weighted by atomic mass is 19.4. The molecule has 0 saturated carbocycles. The van der Waals surface area contributed by atoms with Crippen molar-refractivity contribution in [2.24, 2.45) is 0 Å². The molecule has 0 fully saturated rings. The Morgan fingerprint density at radius 1 is 1.26 bits per heavy atom. The maximum absolute atomic E-state index is 12.9. The third kappa shape index (κ3) is 4.34. The molecule has 0 amide bonds. The summed E-state index contributed by atoms with van der Waals surface area (Å²) < 4.78 is 63.1. The fourth-order valence-electron chi connectivity index (χ4n) is 1.72. The van der Waals surface area contributed by atoms with Crippen LogP contribution in [0, 0.1) is 0 Å². The Morgan fingerprint density at radius 3 is 2.37 bits per heavy atom. The summed E-state index contributed by atoms with van der Waals surface area (Å²) in [5.74, 6) is 0. The van der Waals surface area contributed by atoms with Crippen molar-refractivity contribution in [2.75, 3.05) is 25.5 Å². The van der Waals surface area contributed by atoms with Crippen molar-refractivity contribution in [1.29, 1.82) is 0 Å². The number of nitrogens with zero attached hydrogens (tertiary/aromatic N) is 1. The first-order chi connectivity index (χ1) is 8.75. The van der Waals surface area contributed by atoms with E-state index in [-0.39, 0.29) is 17.8 Å². The third-order valence-electron chi connectivity index (χ3n) is 2.62. The van der Waals surface area contributed by atoms with E-state index >= 15 is 0 Å². The van der Waals surface area contributed by atoms with Gasteiger partial charge in [0, 0.05) is 19.3 Å². The summed E-state index contributed by atoms with van der Waals surface area (Å²) in [5, 5.41) is 2.64. The predicted molar refractivity (Wildman–Crippen MR) is 63.5 cm³/mol. The molecule has 0 radical (unpaired) electrons. The van der Waals surface area contributed by atoms with Crippen molar-refractivity contribution in [3.63, 3.8) is 0 Å². The van der Waals surface area contributed by atoms with Crippen molar-refractivity contribution < 1.29 is 22.0 Å². The predicted octanol–water partition coefficient (Wildman–Crippen LogP) is 3.13. The Hall–Kier alpha value is -1.37. The van der Waals surface area contributed by atoms with Gasteiger partial charge in [-0.15, -0.1) is 0 Å². The van der Waals surface area contributed by atoms with E-state index in [1.54, 1.807) is 0 Å². The first-order valence-corrected chi connectivity index (χ1v) is 5.59. The molecule has 0 spiro atoms. The van der Waals surface area contributed by atoms with E-state index in [1.165, 1.54) is 26.2 Å². The van der Waals surface area contributed by atoms with Crippen LogP contribution in [0.4, 0.5) is 27.6 Å². The van der Waals surface area contributed by atoms with E-state index in [1.807, 2.05) is 0 Å². The van der Waals surface area contributed by atoms with Crippen LogP contribution in [0.2, 0.25) is 0 Å². The molecular formula is C12H15F5N2. The van der Waals surface area contributed by atoms with Gasteiger partial charge in [-0.2, -0.15) is 13.2 Å². The summed E-state index contributed by atoms with van der Waals surface area (Å²) in [5.41, 5.74) is -0.600. The van der Waals surface area contributed by atoms with Crippen LogP contribution in [0.15, 0.2) is 18.2 Å². The summed E-state index contributed by atoms with van der Waals surface area (Å²) in [6.45, 7) is -0.545. The number of anilines is 1. The van der Waals surface area contributed by atoms with Gasteiger partial charge in [0.15, 0.2) is 0 Å². The van der Waals surface area contributed by atoms with Crippen LogP contribution in [0.1, 0.15) is 11.1 Å². The van der Waals surface area contributed by atoms with E-state index in [0.717, 1.165) is 11.0 Å². The molecule has 7 heteroatoms. The molecule has 1 N–H and O–H groups in total. The van der Waals surface area contributed by atoms with Crippen LogP contribution in [0.3, 0.4) is 0 Å². The summed E-state index contributed by atoms with van der Waals surface area (Å²) >= 11 is 0. The number of hydrogen-bond donors (Lipinski definition) is 1. The Labute approximate surface area is 108 Å². The minimum absolute atomic E-state index is 0.0632. The second-order valence-corrected chi connectivity index (χ2v) is 4.14. The van der Waals surface area contributed by atoms with Gasteiger partial charge in [0.25, 0.3) is 6.43 Å². The van der Waals surface area contributed by atoms with E-state index in [0.29, 0.717) is 0 Å². The molecule has 0 heterocycles. The number of benzene rings is 1. The molecule has 0 aliphatic heterocycles. The Morgan fingerprint density at radius 2 is 1.89 bits per heavy atom. The zero-order valence-electron chi connectivity index (χ0n) is 10.6. The van der Waals surface area contributed by atoms with Crippen molar-refractivity contribution in [3.8, 4) is 0 Å². The minimum Gasteiger partial charge on any atom is -0.369 e. The topological polar surface area (TPSA) is 15.3 Å². The van der Waals surface area contributed by atoms with Crippen LogP contribution in [0.25, 0.3) is 0 Å². The van der Waals surface area contributed by atoms with E-state index in [9.17, 15) is 22.0 Å². The number of alkyl halides is 5. The SMILES string of the molecule is CNCc1ccc(N(C)CC(F)F)cc1C(F)(F)F. The van der Waals surface area contributed by atoms with Crippen molar-refractivity contribution in [3.05, 3.63) is 29.3 Å². The first kappa shape index (κ1) is 15.7. The van der Waals surface area contributed by atoms with Crippen molar-refractivity contribution in [2.45, 2.75) is 19.1 Å². The molecule has 19 heavy (non-hydrogen) atoms. The quantitative estimate of drug-likeness (QED) is 0.835. The lowest BCUT2D eigenvalue weighted by molar-refractivity contribution is -0.138. The highest BCUT2D eigenvalue weighted by Gasteiger charge is 2.33. The molecule has 1 rings (SSSR count). The lowest BCUT2D eigenvalue weighted by Gasteiger charge is -2.21. The van der Waals surface area contributed by atoms with Crippen molar-refractivity contribution in [1.82, 2.24) is 5.32 Å². The van der Waals surface area contributed by atoms with E-state index in [4.69, 9.17) is 0 Å². The first-order valence-electron chi connectivity index (χ1n) is 5.59. The second-order valence-electron chi connectivity index (χ2n) is 4.14. The van der Waals surface area contributed by atoms with Crippen LogP contribution < -0.4 is 10.2 Å². The van der Waals surface area contributed by atoms with E-state index < -0.39 is 24.7 Å². The molecule has 0 unspecified atom stereocenters. The lowest BCUT2D eigenvalue weighted by atomic mass is 10.1. The molecule has 0 bridgehead atoms. The zero-order chi connectivity index (χ0) is 14.6. The summed E-state index contributed by atoms with van der Waals surface area (Å²) in [6.07, 6.45) is -7.11. The zero-order valence-corrected chi connectivity index (χ0v) is 10.6. The number of hydrogen-bond acceptors (Lipinski definition) is 2. The largest absolute Gasteiger partial charge is 0.416 e. The average molecular weight is 282 g/mol. The molecular weight excluding hydrogens is 267 g/mol. The second kappa shape index (κ2) is 6.18. The monoisotopic (exact) mass is 282 g/mol. The molecule has 2 nitrogen and oxygen atoms in total. The molecule has 0 aliphatic carbocycles. The number of halogens is 5. The van der Waals surface area contributed by atoms with Crippen LogP contribution in [-0.4, -0.2) is 27.1 Å². The Balaban J connectivity index is 3.11. The Kier molecular flexibility index (Phi) is 5.11. The van der Waals surface area contributed by atoms with Crippen LogP contribution in [-0.2, 0) is 12.7 Å². The van der Waals surface area contributed by atoms with Gasteiger partial charge in [-0.3, -0.25) is 0 Å². The maximum atomic E-state index is 12.9. The van der Waals surface area contributed by atoms with Gasteiger partial charge < -0.3 is 10.2 Å². The van der Waals surface area contributed by atoms with Gasteiger partial charge in [-0.25, -0.2) is 8.78 Å². The third-order valence-corrected chi connectivity index (χ3v) is 2.62. The van der Waals surface area contributed by atoms with Gasteiger partial charge in [0.1, 0.15) is 0 Å². The fourth-order valence-corrected chi connectivity index (χ4v) is 1.72. The molecule has 0 saturated heterocycles. The molecule has 0 aliphatic rings. The summed E-state index contributed by atoms with van der Waals surface area (Å²) in [7, 11) is 2.87. The summed E-state index contributed by atoms with van der Waals surface area (Å²) in [4.78, 5) is 1.10. The average Bonchev–Trinajstić information content (AvgIpc) is 2.27. The summed E-state index contributed by atoms with van der Waals surface area (Å²) in [6, 6.07) is 3.61. The van der Waals surface area contributed by atoms with Gasteiger partial charge in [-0.05, 0) is 24.7 Å². The molecule has 1 aromatic carbocycles. The van der Waals surface area contributed by atoms with Gasteiger partial charge in [0.05, 0.1) is 12.1 Å². The number of nitrogens with one attached hydrogen (secondary N) is 1. The van der Waals surface area contributed by atoms with Crippen LogP contribution in [0.5, 0.6) is 0 Å². The molecule has 0 atom stereocenters. The number of rotatable bonds is 5. The molecule has 0 aromatic heterocycles. The fraction of sp³-hybridized carbons (Fsp3) is 0.500. The minimum atomic E-state index is -4.51. The van der Waals surface area contributed by atoms with Crippen molar-refractivity contribution >= 4 is 5.69 Å². The maximum Gasteiger partial charge on any atom is 0.416 e. The van der Waals surface area contributed by atoms with Gasteiger partial charge in [0.2, 0.25) is 0 Å². The highest BCUT2D eigenvalue weighted by molar-refractivity contribution is 5.51. The smallest absolute Gasteiger partial charge is 0.369 e. The van der Waals surface area contributed by atoms with E-state index in [2.05, 4.69) is 5.32 Å². The normalized spacial score (nSPS) is 12.0. The molecule has 108 valence electrons. The Bertz CT molecular complexity index is 417. The van der Waals surface area contributed by atoms with Crippen LogP contribution >= 0.6 is 0 Å². The lowest BCUT2D eigenvalue weighted by Crippen LogP contribution is -2.25. The van der Waals surface area contributed by atoms with Gasteiger partial charge in [-0.1, -0.05) is 6.07 Å². The molecule has 1 aromatic rings. The standard InChI is InChI=1S/C12H15F5N2/c1-18-6-8-3-4-9(19(2)7-11(13)14)5-10(8)12(15,16)17/h3-5,11,18H,6-7H2,1-2H3.